The van der Waals surface area contributed by atoms with E-state index in [9.17, 15) is 24.5 Å². The number of carbonyl (C=O) groups is 3. The first-order valence-electron chi connectivity index (χ1n) is 6.82. The molecule has 8 nitrogen and oxygen atoms in total. The summed E-state index contributed by atoms with van der Waals surface area (Å²) >= 11 is 0. The third kappa shape index (κ3) is 2.21. The molecule has 1 N–H and O–H groups in total. The van der Waals surface area contributed by atoms with Crippen LogP contribution in [-0.4, -0.2) is 27.8 Å². The number of carbonyl (C=O) groups excluding carboxylic acids is 2. The average molecular weight is 326 g/mol. The van der Waals surface area contributed by atoms with Gasteiger partial charge in [-0.15, -0.1) is 0 Å². The van der Waals surface area contributed by atoms with Crippen molar-refractivity contribution < 1.29 is 24.4 Å². The Morgan fingerprint density at radius 2 is 1.75 bits per heavy atom. The van der Waals surface area contributed by atoms with Crippen molar-refractivity contribution in [3.8, 4) is 0 Å². The first-order valence-corrected chi connectivity index (χ1v) is 6.82. The first kappa shape index (κ1) is 15.3. The number of hydrogen-bond donors (Lipinski definition) is 1. The van der Waals surface area contributed by atoms with E-state index in [1.807, 2.05) is 0 Å². The van der Waals surface area contributed by atoms with Gasteiger partial charge in [-0.2, -0.15) is 0 Å². The summed E-state index contributed by atoms with van der Waals surface area (Å²) in [4.78, 5) is 47.2. The molecular formula is C16H10N2O6. The van der Waals surface area contributed by atoms with E-state index < -0.39 is 22.7 Å². The van der Waals surface area contributed by atoms with E-state index in [2.05, 4.69) is 0 Å². The summed E-state index contributed by atoms with van der Waals surface area (Å²) in [6, 6.07) is 7.49. The highest BCUT2D eigenvalue weighted by Gasteiger charge is 2.38. The SMILES string of the molecule is Cc1cc([N+](=O)[O-])ccc1N1C(=O)c2ccc(C(=O)O)cc2C1=O. The molecule has 3 rings (SSSR count). The van der Waals surface area contributed by atoms with Crippen molar-refractivity contribution in [2.75, 3.05) is 4.90 Å². The van der Waals surface area contributed by atoms with Gasteiger partial charge in [0.15, 0.2) is 0 Å². The summed E-state index contributed by atoms with van der Waals surface area (Å²) in [6.07, 6.45) is 0. The second-order valence-electron chi connectivity index (χ2n) is 5.24. The lowest BCUT2D eigenvalue weighted by molar-refractivity contribution is -0.384. The number of carboxylic acid groups (broad SMARTS) is 1. The Balaban J connectivity index is 2.08. The molecule has 0 bridgehead atoms. The molecule has 0 aliphatic carbocycles. The number of nitrogens with zero attached hydrogens (tertiary/aromatic N) is 2. The van der Waals surface area contributed by atoms with Gasteiger partial charge in [0.05, 0.1) is 27.3 Å². The summed E-state index contributed by atoms with van der Waals surface area (Å²) in [5.74, 6) is -2.46. The van der Waals surface area contributed by atoms with Crippen molar-refractivity contribution in [2.45, 2.75) is 6.92 Å². The molecule has 24 heavy (non-hydrogen) atoms. The number of nitro groups is 1. The minimum atomic E-state index is -1.21. The van der Waals surface area contributed by atoms with Crippen molar-refractivity contribution in [3.63, 3.8) is 0 Å². The van der Waals surface area contributed by atoms with Gasteiger partial charge in [0.1, 0.15) is 0 Å². The fourth-order valence-electron chi connectivity index (χ4n) is 2.60. The smallest absolute Gasteiger partial charge is 0.335 e. The molecule has 1 aliphatic heterocycles. The molecular weight excluding hydrogens is 316 g/mol. The van der Waals surface area contributed by atoms with E-state index in [1.165, 1.54) is 30.3 Å². The maximum Gasteiger partial charge on any atom is 0.335 e. The van der Waals surface area contributed by atoms with Gasteiger partial charge in [-0.3, -0.25) is 19.7 Å². The number of benzene rings is 2. The number of aromatic carboxylic acids is 1. The third-order valence-electron chi connectivity index (χ3n) is 3.77. The number of hydrogen-bond acceptors (Lipinski definition) is 5. The minimum absolute atomic E-state index is 0.00217. The third-order valence-corrected chi connectivity index (χ3v) is 3.77. The van der Waals surface area contributed by atoms with Crippen LogP contribution in [0.1, 0.15) is 36.6 Å². The summed E-state index contributed by atoms with van der Waals surface area (Å²) < 4.78 is 0. The molecule has 0 unspecified atom stereocenters. The van der Waals surface area contributed by atoms with Crippen molar-refractivity contribution in [3.05, 3.63) is 68.8 Å². The number of carboxylic acids is 1. The van der Waals surface area contributed by atoms with E-state index in [1.54, 1.807) is 6.92 Å². The largest absolute Gasteiger partial charge is 0.478 e. The van der Waals surface area contributed by atoms with E-state index in [0.717, 1.165) is 11.0 Å². The van der Waals surface area contributed by atoms with Crippen LogP contribution in [0.25, 0.3) is 0 Å². The zero-order valence-corrected chi connectivity index (χ0v) is 12.3. The zero-order chi connectivity index (χ0) is 17.6. The van der Waals surface area contributed by atoms with Gasteiger partial charge in [0.2, 0.25) is 0 Å². The topological polar surface area (TPSA) is 118 Å². The van der Waals surface area contributed by atoms with Crippen molar-refractivity contribution >= 4 is 29.2 Å². The minimum Gasteiger partial charge on any atom is -0.478 e. The molecule has 0 aromatic heterocycles. The molecule has 2 amide bonds. The predicted octanol–water partition coefficient (Wildman–Crippen LogP) is 2.40. The molecule has 0 saturated carbocycles. The van der Waals surface area contributed by atoms with E-state index in [4.69, 9.17) is 5.11 Å². The van der Waals surface area contributed by atoms with Crippen LogP contribution in [0.4, 0.5) is 11.4 Å². The van der Waals surface area contributed by atoms with Gasteiger partial charge in [-0.1, -0.05) is 0 Å². The van der Waals surface area contributed by atoms with Crippen LogP contribution in [0.3, 0.4) is 0 Å². The highest BCUT2D eigenvalue weighted by Crippen LogP contribution is 2.32. The Labute approximate surface area is 135 Å². The number of nitro benzene ring substituents is 1. The normalized spacial score (nSPS) is 13.1. The summed E-state index contributed by atoms with van der Waals surface area (Å²) in [5, 5.41) is 19.8. The Morgan fingerprint density at radius 1 is 1.08 bits per heavy atom. The summed E-state index contributed by atoms with van der Waals surface area (Å²) in [5.41, 5.74) is 0.458. The second-order valence-corrected chi connectivity index (χ2v) is 5.24. The average Bonchev–Trinajstić information content (AvgIpc) is 2.78. The van der Waals surface area contributed by atoms with Crippen LogP contribution >= 0.6 is 0 Å². The van der Waals surface area contributed by atoms with Gasteiger partial charge in [0.25, 0.3) is 17.5 Å². The molecule has 8 heteroatoms. The number of imide groups is 1. The van der Waals surface area contributed by atoms with Gasteiger partial charge in [0, 0.05) is 12.1 Å². The van der Waals surface area contributed by atoms with E-state index in [0.29, 0.717) is 5.56 Å². The van der Waals surface area contributed by atoms with Crippen LogP contribution in [0, 0.1) is 17.0 Å². The number of aryl methyl sites for hydroxylation is 1. The highest BCUT2D eigenvalue weighted by molar-refractivity contribution is 6.34. The van der Waals surface area contributed by atoms with Crippen LogP contribution in [0.2, 0.25) is 0 Å². The monoisotopic (exact) mass is 326 g/mol. The van der Waals surface area contributed by atoms with Gasteiger partial charge >= 0.3 is 5.97 Å². The van der Waals surface area contributed by atoms with Crippen molar-refractivity contribution in [1.29, 1.82) is 0 Å². The van der Waals surface area contributed by atoms with Crippen LogP contribution in [0.5, 0.6) is 0 Å². The molecule has 2 aromatic rings. The number of rotatable bonds is 3. The molecule has 120 valence electrons. The number of amides is 2. The lowest BCUT2D eigenvalue weighted by Crippen LogP contribution is -2.30. The Hall–Kier alpha value is -3.55. The zero-order valence-electron chi connectivity index (χ0n) is 12.3. The van der Waals surface area contributed by atoms with E-state index >= 15 is 0 Å². The summed E-state index contributed by atoms with van der Waals surface area (Å²) in [7, 11) is 0. The Morgan fingerprint density at radius 3 is 2.33 bits per heavy atom. The maximum atomic E-state index is 12.5. The number of anilines is 1. The van der Waals surface area contributed by atoms with Crippen LogP contribution in [-0.2, 0) is 0 Å². The molecule has 1 heterocycles. The van der Waals surface area contributed by atoms with Crippen LogP contribution < -0.4 is 4.90 Å². The second kappa shape index (κ2) is 5.27. The maximum absolute atomic E-state index is 12.5. The predicted molar refractivity (Wildman–Crippen MR) is 82.4 cm³/mol. The van der Waals surface area contributed by atoms with E-state index in [-0.39, 0.29) is 28.1 Å². The van der Waals surface area contributed by atoms with Gasteiger partial charge in [-0.05, 0) is 36.8 Å². The fraction of sp³-hybridized carbons (Fsp3) is 0.0625. The lowest BCUT2D eigenvalue weighted by Gasteiger charge is -2.16. The van der Waals surface area contributed by atoms with Gasteiger partial charge < -0.3 is 5.11 Å². The molecule has 0 spiro atoms. The Kier molecular flexibility index (Phi) is 3.37. The standard InChI is InChI=1S/C16H10N2O6/c1-8-6-10(18(23)24)3-5-13(8)17-14(19)11-4-2-9(16(21)22)7-12(11)15(17)20/h2-7H,1H3,(H,21,22). The van der Waals surface area contributed by atoms with Crippen molar-refractivity contribution in [1.82, 2.24) is 0 Å². The number of fused-ring (bicyclic) bond motifs is 1. The number of non-ortho nitro benzene ring substituents is 1. The first-order chi connectivity index (χ1) is 11.3. The van der Waals surface area contributed by atoms with Crippen molar-refractivity contribution in [2.24, 2.45) is 0 Å². The Bertz CT molecular complexity index is 934. The lowest BCUT2D eigenvalue weighted by atomic mass is 10.1. The summed E-state index contributed by atoms with van der Waals surface area (Å²) in [6.45, 7) is 1.55. The molecule has 0 saturated heterocycles. The van der Waals surface area contributed by atoms with Crippen LogP contribution in [0.15, 0.2) is 36.4 Å². The molecule has 0 radical (unpaired) electrons. The fourth-order valence-corrected chi connectivity index (χ4v) is 2.60. The highest BCUT2D eigenvalue weighted by atomic mass is 16.6. The molecule has 1 aliphatic rings. The quantitative estimate of drug-likeness (QED) is 0.525. The molecule has 0 atom stereocenters. The van der Waals surface area contributed by atoms with Gasteiger partial charge in [-0.25, -0.2) is 9.69 Å². The molecule has 0 fully saturated rings. The molecule has 2 aromatic carbocycles.